The predicted molar refractivity (Wildman–Crippen MR) is 125 cm³/mol. The third-order valence-corrected chi connectivity index (χ3v) is 10.8. The average Bonchev–Trinajstić information content (AvgIpc) is 3.03. The zero-order valence-electron chi connectivity index (χ0n) is 20.6. The van der Waals surface area contributed by atoms with Crippen molar-refractivity contribution in [2.75, 3.05) is 0 Å². The van der Waals surface area contributed by atoms with Crippen molar-refractivity contribution in [3.8, 4) is 0 Å². The Morgan fingerprint density at radius 3 is 2.43 bits per heavy atom. The van der Waals surface area contributed by atoms with Gasteiger partial charge >= 0.3 is 0 Å². The highest BCUT2D eigenvalue weighted by Crippen LogP contribution is 2.67. The van der Waals surface area contributed by atoms with E-state index < -0.39 is 5.60 Å². The van der Waals surface area contributed by atoms with E-state index in [0.29, 0.717) is 28.6 Å². The number of aliphatic hydroxyl groups is 2. The van der Waals surface area contributed by atoms with Gasteiger partial charge in [-0.3, -0.25) is 0 Å². The average molecular weight is 417 g/mol. The van der Waals surface area contributed by atoms with E-state index in [0.717, 1.165) is 37.0 Å². The summed E-state index contributed by atoms with van der Waals surface area (Å²) >= 11 is 0. The van der Waals surface area contributed by atoms with E-state index in [1.807, 2.05) is 0 Å². The molecule has 9 atom stereocenters. The van der Waals surface area contributed by atoms with Gasteiger partial charge in [-0.15, -0.1) is 0 Å². The third kappa shape index (κ3) is 3.72. The molecule has 0 amide bonds. The summed E-state index contributed by atoms with van der Waals surface area (Å²) in [6.45, 7) is 13.9. The molecule has 0 aromatic rings. The van der Waals surface area contributed by atoms with Crippen molar-refractivity contribution in [1.29, 1.82) is 0 Å². The van der Waals surface area contributed by atoms with Crippen LogP contribution >= 0.6 is 0 Å². The van der Waals surface area contributed by atoms with Crippen LogP contribution in [0.5, 0.6) is 0 Å². The van der Waals surface area contributed by atoms with Gasteiger partial charge in [0, 0.05) is 0 Å². The van der Waals surface area contributed by atoms with E-state index in [1.54, 1.807) is 5.57 Å². The van der Waals surface area contributed by atoms with Crippen molar-refractivity contribution < 1.29 is 10.2 Å². The SMILES string of the molecule is CC(C)C(O)CC[C@@H](C)C1CCC2C3CC[C@H]4C[C@@](C)(O)CCC4(C)C3=CCC21C. The lowest BCUT2D eigenvalue weighted by Gasteiger charge is -2.58. The van der Waals surface area contributed by atoms with Crippen LogP contribution in [0.3, 0.4) is 0 Å². The molecule has 0 aliphatic heterocycles. The molecule has 30 heavy (non-hydrogen) atoms. The molecule has 0 aromatic carbocycles. The molecule has 2 heteroatoms. The number of allylic oxidation sites excluding steroid dienone is 2. The Bertz CT molecular complexity index is 664. The smallest absolute Gasteiger partial charge is 0.0623 e. The summed E-state index contributed by atoms with van der Waals surface area (Å²) in [6.07, 6.45) is 14.5. The second kappa shape index (κ2) is 7.91. The standard InChI is InChI=1S/C28H48O2/c1-18(2)25(29)12-7-19(3)22-10-11-23-21-9-8-20-17-26(4,30)15-16-27(20,5)24(21)13-14-28(22,23)6/h13,18-23,25,29-30H,7-12,14-17H2,1-6H3/t19-,20+,21?,22?,23?,25?,26+,27?,28?/m1/s1. The van der Waals surface area contributed by atoms with Gasteiger partial charge in [-0.05, 0) is 117 Å². The number of fused-ring (bicyclic) bond motifs is 5. The van der Waals surface area contributed by atoms with Crippen molar-refractivity contribution in [1.82, 2.24) is 0 Å². The molecule has 2 N–H and O–H groups in total. The summed E-state index contributed by atoms with van der Waals surface area (Å²) in [5.74, 6) is 4.18. The molecule has 4 aliphatic rings. The number of hydrogen-bond acceptors (Lipinski definition) is 2. The van der Waals surface area contributed by atoms with Gasteiger partial charge in [-0.2, -0.15) is 0 Å². The molecule has 0 radical (unpaired) electrons. The van der Waals surface area contributed by atoms with Crippen LogP contribution in [0.1, 0.15) is 106 Å². The van der Waals surface area contributed by atoms with Crippen LogP contribution in [0.15, 0.2) is 11.6 Å². The molecule has 172 valence electrons. The maximum atomic E-state index is 10.7. The van der Waals surface area contributed by atoms with Crippen molar-refractivity contribution in [2.24, 2.45) is 46.3 Å². The van der Waals surface area contributed by atoms with E-state index in [2.05, 4.69) is 47.6 Å². The summed E-state index contributed by atoms with van der Waals surface area (Å²) in [4.78, 5) is 0. The molecule has 0 bridgehead atoms. The summed E-state index contributed by atoms with van der Waals surface area (Å²) < 4.78 is 0. The molecule has 4 aliphatic carbocycles. The molecule has 0 spiro atoms. The minimum absolute atomic E-state index is 0.144. The van der Waals surface area contributed by atoms with E-state index in [4.69, 9.17) is 0 Å². The van der Waals surface area contributed by atoms with Crippen molar-refractivity contribution in [2.45, 2.75) is 117 Å². The summed E-state index contributed by atoms with van der Waals surface area (Å²) in [5.41, 5.74) is 2.12. The molecule has 0 aromatic heterocycles. The van der Waals surface area contributed by atoms with Gasteiger partial charge in [0.25, 0.3) is 0 Å². The highest BCUT2D eigenvalue weighted by molar-refractivity contribution is 5.29. The Balaban J connectivity index is 1.51. The maximum absolute atomic E-state index is 10.7. The summed E-state index contributed by atoms with van der Waals surface area (Å²) in [7, 11) is 0. The Labute approximate surface area is 185 Å². The maximum Gasteiger partial charge on any atom is 0.0623 e. The highest BCUT2D eigenvalue weighted by Gasteiger charge is 2.58. The van der Waals surface area contributed by atoms with Crippen molar-refractivity contribution >= 4 is 0 Å². The number of aliphatic hydroxyl groups excluding tert-OH is 1. The predicted octanol–water partition coefficient (Wildman–Crippen LogP) is 6.75. The van der Waals surface area contributed by atoms with Crippen molar-refractivity contribution in [3.63, 3.8) is 0 Å². The summed E-state index contributed by atoms with van der Waals surface area (Å²) in [6, 6.07) is 0. The van der Waals surface area contributed by atoms with E-state index in [1.165, 1.54) is 44.9 Å². The number of hydrogen-bond donors (Lipinski definition) is 2. The fourth-order valence-corrected chi connectivity index (χ4v) is 8.64. The van der Waals surface area contributed by atoms with Gasteiger partial charge in [-0.25, -0.2) is 0 Å². The second-order valence-corrected chi connectivity index (χ2v) is 13.0. The molecule has 2 nitrogen and oxygen atoms in total. The van der Waals surface area contributed by atoms with Crippen molar-refractivity contribution in [3.05, 3.63) is 11.6 Å². The first-order valence-corrected chi connectivity index (χ1v) is 13.1. The topological polar surface area (TPSA) is 40.5 Å². The summed E-state index contributed by atoms with van der Waals surface area (Å²) in [5, 5.41) is 21.0. The van der Waals surface area contributed by atoms with Crippen LogP contribution in [0.2, 0.25) is 0 Å². The van der Waals surface area contributed by atoms with E-state index in [-0.39, 0.29) is 6.10 Å². The minimum Gasteiger partial charge on any atom is -0.393 e. The van der Waals surface area contributed by atoms with Crippen LogP contribution in [-0.4, -0.2) is 21.9 Å². The lowest BCUT2D eigenvalue weighted by Crippen LogP contribution is -2.50. The van der Waals surface area contributed by atoms with Gasteiger partial charge in [0.05, 0.1) is 11.7 Å². The molecule has 0 heterocycles. The van der Waals surface area contributed by atoms with Crippen LogP contribution in [0, 0.1) is 46.3 Å². The first-order valence-electron chi connectivity index (χ1n) is 13.1. The molecule has 3 saturated carbocycles. The Hall–Kier alpha value is -0.340. The monoisotopic (exact) mass is 416 g/mol. The van der Waals surface area contributed by atoms with Crippen LogP contribution in [0.4, 0.5) is 0 Å². The fourth-order valence-electron chi connectivity index (χ4n) is 8.64. The Morgan fingerprint density at radius 1 is 1.00 bits per heavy atom. The molecular weight excluding hydrogens is 368 g/mol. The zero-order chi connectivity index (χ0) is 21.9. The van der Waals surface area contributed by atoms with Crippen LogP contribution in [0.25, 0.3) is 0 Å². The Morgan fingerprint density at radius 2 is 1.73 bits per heavy atom. The van der Waals surface area contributed by atoms with Crippen LogP contribution < -0.4 is 0 Å². The lowest BCUT2D eigenvalue weighted by molar-refractivity contribution is -0.0648. The van der Waals surface area contributed by atoms with E-state index in [9.17, 15) is 10.2 Å². The molecule has 3 fully saturated rings. The first kappa shape index (κ1) is 22.8. The van der Waals surface area contributed by atoms with Gasteiger partial charge < -0.3 is 10.2 Å². The normalized spacial score (nSPS) is 47.8. The molecular formula is C28H48O2. The Kier molecular flexibility index (Phi) is 6.02. The van der Waals surface area contributed by atoms with Crippen LogP contribution in [-0.2, 0) is 0 Å². The molecule has 6 unspecified atom stereocenters. The largest absolute Gasteiger partial charge is 0.393 e. The second-order valence-electron chi connectivity index (χ2n) is 13.0. The van der Waals surface area contributed by atoms with E-state index >= 15 is 0 Å². The van der Waals surface area contributed by atoms with Gasteiger partial charge in [0.1, 0.15) is 0 Å². The highest BCUT2D eigenvalue weighted by atomic mass is 16.3. The van der Waals surface area contributed by atoms with Gasteiger partial charge in [0.15, 0.2) is 0 Å². The van der Waals surface area contributed by atoms with Gasteiger partial charge in [-0.1, -0.05) is 46.3 Å². The van der Waals surface area contributed by atoms with Gasteiger partial charge in [0.2, 0.25) is 0 Å². The third-order valence-electron chi connectivity index (χ3n) is 10.8. The first-order chi connectivity index (χ1) is 14.0. The quantitative estimate of drug-likeness (QED) is 0.487. The lowest BCUT2D eigenvalue weighted by atomic mass is 9.47. The zero-order valence-corrected chi connectivity index (χ0v) is 20.6. The fraction of sp³-hybridized carbons (Fsp3) is 0.929. The molecule has 0 saturated heterocycles. The minimum atomic E-state index is -0.449. The molecule has 4 rings (SSSR count). The number of rotatable bonds is 5.